The summed E-state index contributed by atoms with van der Waals surface area (Å²) in [4.78, 5) is 42.9. The molecule has 1 aliphatic rings. The van der Waals surface area contributed by atoms with Crippen LogP contribution in [0.4, 0.5) is 4.79 Å². The molecule has 1 aliphatic heterocycles. The van der Waals surface area contributed by atoms with Crippen molar-refractivity contribution in [3.05, 3.63) is 70.9 Å². The number of thioether (sulfide) groups is 1. The molecule has 0 spiro atoms. The first-order valence-corrected chi connectivity index (χ1v) is 12.2. The van der Waals surface area contributed by atoms with Crippen molar-refractivity contribution >= 4 is 50.2 Å². The highest BCUT2D eigenvalue weighted by atomic mass is 32.2. The fourth-order valence-electron chi connectivity index (χ4n) is 3.20. The van der Waals surface area contributed by atoms with Gasteiger partial charge in [0.2, 0.25) is 15.0 Å². The van der Waals surface area contributed by atoms with Gasteiger partial charge in [0.05, 0.1) is 10.4 Å². The van der Waals surface area contributed by atoms with Crippen LogP contribution in [0.3, 0.4) is 0 Å². The second kappa shape index (κ2) is 8.60. The first kappa shape index (κ1) is 21.8. The van der Waals surface area contributed by atoms with E-state index in [-0.39, 0.29) is 23.9 Å². The van der Waals surface area contributed by atoms with Crippen LogP contribution in [0.1, 0.15) is 16.1 Å². The average molecular weight is 471 g/mol. The maximum absolute atomic E-state index is 12.7. The lowest BCUT2D eigenvalue weighted by Gasteiger charge is -2.12. The largest absolute Gasteiger partial charge is 0.349 e. The van der Waals surface area contributed by atoms with Gasteiger partial charge in [0, 0.05) is 25.5 Å². The normalized spacial score (nSPS) is 15.7. The van der Waals surface area contributed by atoms with E-state index in [4.69, 9.17) is 0 Å². The number of aromatic nitrogens is 2. The zero-order valence-electron chi connectivity index (χ0n) is 16.9. The second-order valence-electron chi connectivity index (χ2n) is 6.97. The fourth-order valence-corrected chi connectivity index (χ4v) is 4.84. The van der Waals surface area contributed by atoms with Gasteiger partial charge in [-0.15, -0.1) is 0 Å². The minimum Gasteiger partial charge on any atom is -0.349 e. The van der Waals surface area contributed by atoms with E-state index >= 15 is 0 Å². The quantitative estimate of drug-likeness (QED) is 0.549. The number of hydrogen-bond acceptors (Lipinski definition) is 7. The van der Waals surface area contributed by atoms with Crippen LogP contribution in [0.25, 0.3) is 11.6 Å². The molecule has 1 saturated heterocycles. The van der Waals surface area contributed by atoms with Gasteiger partial charge in [-0.25, -0.2) is 13.4 Å². The molecule has 3 aromatic rings. The molecule has 3 amide bonds. The molecule has 9 nitrogen and oxygen atoms in total. The number of imide groups is 1. The Balaban J connectivity index is 1.45. The summed E-state index contributed by atoms with van der Waals surface area (Å²) < 4.78 is 25.3. The van der Waals surface area contributed by atoms with Crippen LogP contribution in [-0.2, 0) is 14.6 Å². The zero-order valence-corrected chi connectivity index (χ0v) is 18.5. The number of carbonyl (C=O) groups excluding carboxylic acids is 3. The third-order valence-electron chi connectivity index (χ3n) is 4.65. The Morgan fingerprint density at radius 3 is 2.56 bits per heavy atom. The number of imidazole rings is 1. The Morgan fingerprint density at radius 1 is 1.12 bits per heavy atom. The van der Waals surface area contributed by atoms with E-state index < -0.39 is 26.9 Å². The number of pyridine rings is 1. The SMILES string of the molecule is CS(=O)(=O)c1nc(C(=O)NCCN2C(=O)S/C(=C/c3ccccc3)C2=O)c2ccccn12. The summed E-state index contributed by atoms with van der Waals surface area (Å²) in [5, 5.41) is 1.95. The number of amides is 3. The predicted octanol–water partition coefficient (Wildman–Crippen LogP) is 2.20. The first-order chi connectivity index (χ1) is 15.3. The summed E-state index contributed by atoms with van der Waals surface area (Å²) in [7, 11) is -3.66. The highest BCUT2D eigenvalue weighted by molar-refractivity contribution is 8.18. The Hall–Kier alpha value is -3.44. The van der Waals surface area contributed by atoms with Crippen molar-refractivity contribution in [2.24, 2.45) is 0 Å². The maximum Gasteiger partial charge on any atom is 0.293 e. The summed E-state index contributed by atoms with van der Waals surface area (Å²) in [6.07, 6.45) is 4.17. The summed E-state index contributed by atoms with van der Waals surface area (Å²) in [5.74, 6) is -1.03. The summed E-state index contributed by atoms with van der Waals surface area (Å²) >= 11 is 0.843. The number of rotatable bonds is 6. The number of benzene rings is 1. The van der Waals surface area contributed by atoms with Crippen molar-refractivity contribution in [1.29, 1.82) is 0 Å². The van der Waals surface area contributed by atoms with Crippen LogP contribution >= 0.6 is 11.8 Å². The predicted molar refractivity (Wildman–Crippen MR) is 120 cm³/mol. The molecule has 0 bridgehead atoms. The van der Waals surface area contributed by atoms with E-state index in [0.717, 1.165) is 28.5 Å². The molecule has 4 rings (SSSR count). The topological polar surface area (TPSA) is 118 Å². The lowest BCUT2D eigenvalue weighted by atomic mass is 10.2. The average Bonchev–Trinajstić information content (AvgIpc) is 3.28. The van der Waals surface area contributed by atoms with Gasteiger partial charge in [-0.2, -0.15) is 0 Å². The smallest absolute Gasteiger partial charge is 0.293 e. The van der Waals surface area contributed by atoms with Gasteiger partial charge in [0.1, 0.15) is 0 Å². The van der Waals surface area contributed by atoms with Gasteiger partial charge in [0.15, 0.2) is 5.69 Å². The Kier molecular flexibility index (Phi) is 5.85. The van der Waals surface area contributed by atoms with Crippen LogP contribution in [-0.4, -0.2) is 59.1 Å². The number of sulfone groups is 1. The number of fused-ring (bicyclic) bond motifs is 1. The monoisotopic (exact) mass is 470 g/mol. The Labute approximate surface area is 188 Å². The number of nitrogens with one attached hydrogen (secondary N) is 1. The van der Waals surface area contributed by atoms with Crippen LogP contribution in [0.2, 0.25) is 0 Å². The number of carbonyl (C=O) groups is 3. The van der Waals surface area contributed by atoms with Gasteiger partial charge in [-0.05, 0) is 35.5 Å². The number of nitrogens with zero attached hydrogens (tertiary/aromatic N) is 3. The summed E-state index contributed by atoms with van der Waals surface area (Å²) in [6.45, 7) is -0.0250. The highest BCUT2D eigenvalue weighted by Gasteiger charge is 2.34. The molecule has 0 saturated carbocycles. The molecule has 11 heteroatoms. The van der Waals surface area contributed by atoms with Gasteiger partial charge in [-0.3, -0.25) is 23.7 Å². The lowest BCUT2D eigenvalue weighted by Crippen LogP contribution is -2.37. The molecule has 3 heterocycles. The molecule has 0 unspecified atom stereocenters. The van der Waals surface area contributed by atoms with E-state index in [1.807, 2.05) is 30.3 Å². The van der Waals surface area contributed by atoms with Crippen molar-refractivity contribution in [2.75, 3.05) is 19.3 Å². The second-order valence-corrected chi connectivity index (χ2v) is 9.87. The molecule has 0 radical (unpaired) electrons. The summed E-state index contributed by atoms with van der Waals surface area (Å²) in [6, 6.07) is 14.1. The zero-order chi connectivity index (χ0) is 22.9. The van der Waals surface area contributed by atoms with E-state index in [2.05, 4.69) is 10.3 Å². The van der Waals surface area contributed by atoms with Gasteiger partial charge in [0.25, 0.3) is 17.1 Å². The third kappa shape index (κ3) is 4.30. The molecule has 0 atom stereocenters. The van der Waals surface area contributed by atoms with Gasteiger partial charge < -0.3 is 5.32 Å². The minimum atomic E-state index is -3.66. The van der Waals surface area contributed by atoms with Crippen LogP contribution in [0.5, 0.6) is 0 Å². The standard InChI is InChI=1S/C21H18N4O5S2/c1-32(29,30)20-23-17(15-9-5-6-11-24(15)20)18(26)22-10-12-25-19(27)16(31-21(25)28)13-14-7-3-2-4-8-14/h2-9,11,13H,10,12H2,1H3,(H,22,26)/b16-13+. The number of hydrogen-bond donors (Lipinski definition) is 1. The molecule has 1 fully saturated rings. The van der Waals surface area contributed by atoms with Crippen molar-refractivity contribution < 1.29 is 22.8 Å². The first-order valence-electron chi connectivity index (χ1n) is 9.51. The minimum absolute atomic E-state index is 0.00441. The Morgan fingerprint density at radius 2 is 1.84 bits per heavy atom. The van der Waals surface area contributed by atoms with Gasteiger partial charge in [-0.1, -0.05) is 36.4 Å². The molecule has 1 N–H and O–H groups in total. The molecular formula is C21H18N4O5S2. The molecule has 0 aliphatic carbocycles. The van der Waals surface area contributed by atoms with Crippen LogP contribution in [0.15, 0.2) is 64.8 Å². The van der Waals surface area contributed by atoms with E-state index in [1.54, 1.807) is 24.3 Å². The van der Waals surface area contributed by atoms with Crippen LogP contribution in [0, 0.1) is 0 Å². The van der Waals surface area contributed by atoms with E-state index in [9.17, 15) is 22.8 Å². The summed E-state index contributed by atoms with van der Waals surface area (Å²) in [5.41, 5.74) is 1.09. The highest BCUT2D eigenvalue weighted by Crippen LogP contribution is 2.31. The Bertz CT molecular complexity index is 1360. The molecule has 164 valence electrons. The molecule has 2 aromatic heterocycles. The maximum atomic E-state index is 12.7. The lowest BCUT2D eigenvalue weighted by molar-refractivity contribution is -0.122. The van der Waals surface area contributed by atoms with Gasteiger partial charge >= 0.3 is 0 Å². The molecule has 32 heavy (non-hydrogen) atoms. The molecule has 1 aromatic carbocycles. The fraction of sp³-hybridized carbons (Fsp3) is 0.143. The van der Waals surface area contributed by atoms with E-state index in [0.29, 0.717) is 10.4 Å². The third-order valence-corrected chi connectivity index (χ3v) is 6.51. The molecular weight excluding hydrogens is 452 g/mol. The van der Waals surface area contributed by atoms with Crippen molar-refractivity contribution in [2.45, 2.75) is 5.16 Å². The van der Waals surface area contributed by atoms with Crippen molar-refractivity contribution in [1.82, 2.24) is 19.6 Å². The van der Waals surface area contributed by atoms with Crippen molar-refractivity contribution in [3.8, 4) is 0 Å². The van der Waals surface area contributed by atoms with E-state index in [1.165, 1.54) is 10.6 Å². The van der Waals surface area contributed by atoms with Crippen molar-refractivity contribution in [3.63, 3.8) is 0 Å². The van der Waals surface area contributed by atoms with Crippen LogP contribution < -0.4 is 5.32 Å².